The van der Waals surface area contributed by atoms with E-state index in [9.17, 15) is 20.1 Å². The normalized spacial score (nSPS) is 11.5. The van der Waals surface area contributed by atoms with Crippen LogP contribution in [-0.2, 0) is 16.1 Å². The van der Waals surface area contributed by atoms with Gasteiger partial charge in [0.15, 0.2) is 0 Å². The van der Waals surface area contributed by atoms with E-state index in [-0.39, 0.29) is 23.4 Å². The molecular weight excluding hydrogens is 442 g/mol. The van der Waals surface area contributed by atoms with E-state index in [1.807, 2.05) is 36.4 Å². The van der Waals surface area contributed by atoms with Crippen LogP contribution in [0, 0.1) is 22.7 Å². The third-order valence-electron chi connectivity index (χ3n) is 5.02. The fraction of sp³-hybridized carbons (Fsp3) is 0.143. The first-order valence-electron chi connectivity index (χ1n) is 10.9. The molecule has 0 aliphatic heterocycles. The number of amides is 1. The van der Waals surface area contributed by atoms with Crippen molar-refractivity contribution in [2.24, 2.45) is 0 Å². The lowest BCUT2D eigenvalue weighted by molar-refractivity contribution is -0.129. The van der Waals surface area contributed by atoms with Crippen molar-refractivity contribution in [3.8, 4) is 17.9 Å². The van der Waals surface area contributed by atoms with Gasteiger partial charge in [0.25, 0.3) is 5.91 Å². The summed E-state index contributed by atoms with van der Waals surface area (Å²) in [6, 6.07) is 21.0. The Labute approximate surface area is 203 Å². The minimum atomic E-state index is -0.779. The molecule has 3 rings (SSSR count). The number of furan rings is 1. The average Bonchev–Trinajstić information content (AvgIpc) is 3.39. The van der Waals surface area contributed by atoms with Crippen molar-refractivity contribution in [3.63, 3.8) is 0 Å². The zero-order valence-corrected chi connectivity index (χ0v) is 19.3. The Morgan fingerprint density at radius 1 is 0.943 bits per heavy atom. The summed E-state index contributed by atoms with van der Waals surface area (Å²) in [5.41, 5.74) is 2.23. The number of hydrogen-bond acceptors (Lipinski definition) is 6. The molecule has 0 aliphatic carbocycles. The van der Waals surface area contributed by atoms with Crippen LogP contribution < -0.4 is 10.1 Å². The largest absolute Gasteiger partial charge is 0.467 e. The Bertz CT molecular complexity index is 1320. The fourth-order valence-electron chi connectivity index (χ4n) is 3.07. The van der Waals surface area contributed by atoms with Gasteiger partial charge in [-0.15, -0.1) is 0 Å². The molecule has 1 N–H and O–H groups in total. The molecule has 2 aromatic carbocycles. The molecule has 0 spiro atoms. The second-order valence-corrected chi connectivity index (χ2v) is 7.88. The Hall–Kier alpha value is -4.88. The number of nitriles is 2. The van der Waals surface area contributed by atoms with Crippen molar-refractivity contribution in [3.05, 3.63) is 101 Å². The van der Waals surface area contributed by atoms with E-state index in [1.54, 1.807) is 24.3 Å². The number of esters is 1. The van der Waals surface area contributed by atoms with E-state index in [0.717, 1.165) is 11.1 Å². The summed E-state index contributed by atoms with van der Waals surface area (Å²) >= 11 is 0. The number of nitrogens with zero attached hydrogens (tertiary/aromatic N) is 2. The van der Waals surface area contributed by atoms with E-state index < -0.39 is 11.9 Å². The van der Waals surface area contributed by atoms with Crippen LogP contribution in [0.15, 0.2) is 82.5 Å². The smallest absolute Gasteiger partial charge is 0.354 e. The molecule has 1 amide bonds. The monoisotopic (exact) mass is 465 g/mol. The number of carbonyl (C=O) groups is 2. The van der Waals surface area contributed by atoms with E-state index in [4.69, 9.17) is 9.15 Å². The minimum Gasteiger partial charge on any atom is -0.467 e. The number of carbonyl (C=O) groups excluding carboxylic acids is 2. The summed E-state index contributed by atoms with van der Waals surface area (Å²) in [4.78, 5) is 24.7. The van der Waals surface area contributed by atoms with Crippen molar-refractivity contribution in [1.29, 1.82) is 10.5 Å². The van der Waals surface area contributed by atoms with Crippen molar-refractivity contribution >= 4 is 24.0 Å². The van der Waals surface area contributed by atoms with Crippen molar-refractivity contribution < 1.29 is 18.7 Å². The number of hydrogen-bond donors (Lipinski definition) is 1. The quantitative estimate of drug-likeness (QED) is 0.213. The molecule has 0 aliphatic rings. The summed E-state index contributed by atoms with van der Waals surface area (Å²) in [7, 11) is 0. The second kappa shape index (κ2) is 11.8. The van der Waals surface area contributed by atoms with Gasteiger partial charge in [-0.2, -0.15) is 10.5 Å². The zero-order valence-electron chi connectivity index (χ0n) is 19.3. The summed E-state index contributed by atoms with van der Waals surface area (Å²) < 4.78 is 10.5. The maximum absolute atomic E-state index is 12.5. The molecule has 7 heteroatoms. The molecule has 0 saturated carbocycles. The summed E-state index contributed by atoms with van der Waals surface area (Å²) in [5, 5.41) is 21.3. The lowest BCUT2D eigenvalue weighted by atomic mass is 10.0. The summed E-state index contributed by atoms with van der Waals surface area (Å²) in [5.74, 6) is -0.139. The first-order chi connectivity index (χ1) is 16.9. The van der Waals surface area contributed by atoms with Crippen LogP contribution in [0.4, 0.5) is 0 Å². The van der Waals surface area contributed by atoms with Crippen LogP contribution >= 0.6 is 0 Å². The first-order valence-corrected chi connectivity index (χ1v) is 10.9. The van der Waals surface area contributed by atoms with E-state index in [2.05, 4.69) is 19.2 Å². The highest BCUT2D eigenvalue weighted by molar-refractivity contribution is 6.01. The number of ether oxygens (including phenoxy) is 1. The number of benzene rings is 2. The lowest BCUT2D eigenvalue weighted by Crippen LogP contribution is -2.23. The molecule has 1 aromatic heterocycles. The maximum atomic E-state index is 12.5. The third kappa shape index (κ3) is 7.05. The minimum absolute atomic E-state index is 0.0838. The highest BCUT2D eigenvalue weighted by Gasteiger charge is 2.13. The van der Waals surface area contributed by atoms with Crippen molar-refractivity contribution in [1.82, 2.24) is 5.32 Å². The molecule has 7 nitrogen and oxygen atoms in total. The Morgan fingerprint density at radius 3 is 2.09 bits per heavy atom. The van der Waals surface area contributed by atoms with Gasteiger partial charge in [-0.05, 0) is 59.0 Å². The standard InChI is InChI=1S/C28H23N3O4/c1-19(2)22-9-5-20(6-10-22)15-24(17-30)28(33)35-25-11-7-21(8-12-25)14-23(16-29)27(32)31-18-26-4-3-13-34-26/h3-15,19H,18H2,1-2H3,(H,31,32)/b23-14+,24-15+. The topological polar surface area (TPSA) is 116 Å². The number of rotatable bonds is 8. The second-order valence-electron chi connectivity index (χ2n) is 7.88. The molecule has 0 unspecified atom stereocenters. The average molecular weight is 466 g/mol. The third-order valence-corrected chi connectivity index (χ3v) is 5.02. The van der Waals surface area contributed by atoms with Crippen molar-refractivity contribution in [2.45, 2.75) is 26.3 Å². The van der Waals surface area contributed by atoms with Gasteiger partial charge in [0.1, 0.15) is 34.8 Å². The van der Waals surface area contributed by atoms with E-state index in [1.165, 1.54) is 30.5 Å². The molecule has 0 radical (unpaired) electrons. The van der Waals surface area contributed by atoms with Crippen molar-refractivity contribution in [2.75, 3.05) is 0 Å². The Morgan fingerprint density at radius 2 is 1.54 bits per heavy atom. The van der Waals surface area contributed by atoms with Gasteiger partial charge in [-0.3, -0.25) is 4.79 Å². The zero-order chi connectivity index (χ0) is 25.2. The van der Waals surface area contributed by atoms with Gasteiger partial charge in [-0.1, -0.05) is 50.2 Å². The van der Waals surface area contributed by atoms with Gasteiger partial charge >= 0.3 is 5.97 Å². The molecule has 35 heavy (non-hydrogen) atoms. The van der Waals surface area contributed by atoms with Crippen LogP contribution in [0.1, 0.15) is 42.2 Å². The predicted octanol–water partition coefficient (Wildman–Crippen LogP) is 5.14. The predicted molar refractivity (Wildman–Crippen MR) is 130 cm³/mol. The molecule has 174 valence electrons. The molecule has 0 fully saturated rings. The molecule has 0 saturated heterocycles. The van der Waals surface area contributed by atoms with Crippen LogP contribution in [0.25, 0.3) is 12.2 Å². The van der Waals surface area contributed by atoms with Gasteiger partial charge in [-0.25, -0.2) is 4.79 Å². The highest BCUT2D eigenvalue weighted by Crippen LogP contribution is 2.19. The molecule has 0 bridgehead atoms. The molecular formula is C28H23N3O4. The van der Waals surface area contributed by atoms with E-state index >= 15 is 0 Å². The fourth-order valence-corrected chi connectivity index (χ4v) is 3.07. The maximum Gasteiger partial charge on any atom is 0.354 e. The van der Waals surface area contributed by atoms with E-state index in [0.29, 0.717) is 17.2 Å². The molecule has 1 heterocycles. The summed E-state index contributed by atoms with van der Waals surface area (Å²) in [6.07, 6.45) is 4.39. The SMILES string of the molecule is CC(C)c1ccc(/C=C(\C#N)C(=O)Oc2ccc(/C=C(\C#N)C(=O)NCc3ccco3)cc2)cc1. The number of nitrogens with one attached hydrogen (secondary N) is 1. The van der Waals surface area contributed by atoms with Crippen LogP contribution in [-0.4, -0.2) is 11.9 Å². The molecule has 0 atom stereocenters. The highest BCUT2D eigenvalue weighted by atomic mass is 16.5. The van der Waals surface area contributed by atoms with Gasteiger partial charge in [0.05, 0.1) is 12.8 Å². The molecule has 3 aromatic rings. The Kier molecular flexibility index (Phi) is 8.37. The van der Waals surface area contributed by atoms with Crippen LogP contribution in [0.2, 0.25) is 0 Å². The summed E-state index contributed by atoms with van der Waals surface area (Å²) in [6.45, 7) is 4.33. The van der Waals surface area contributed by atoms with Gasteiger partial charge in [0.2, 0.25) is 0 Å². The Balaban J connectivity index is 1.65. The van der Waals surface area contributed by atoms with Gasteiger partial charge < -0.3 is 14.5 Å². The van der Waals surface area contributed by atoms with Crippen LogP contribution in [0.5, 0.6) is 5.75 Å². The van der Waals surface area contributed by atoms with Crippen LogP contribution in [0.3, 0.4) is 0 Å². The first kappa shape index (κ1) is 24.8. The van der Waals surface area contributed by atoms with Gasteiger partial charge in [0, 0.05) is 0 Å². The lowest BCUT2D eigenvalue weighted by Gasteiger charge is -2.06.